The Labute approximate surface area is 111 Å². The Hall–Kier alpha value is -2.37. The SMILES string of the molecule is Cc1cccc(OC(C)C(=O)Nc2ncn[nH]2)c1C. The highest BCUT2D eigenvalue weighted by Crippen LogP contribution is 2.21. The molecular formula is C13H16N4O2. The van der Waals surface area contributed by atoms with Gasteiger partial charge in [0.15, 0.2) is 6.10 Å². The molecule has 0 spiro atoms. The van der Waals surface area contributed by atoms with Gasteiger partial charge in [0.05, 0.1) is 0 Å². The normalized spacial score (nSPS) is 11.9. The highest BCUT2D eigenvalue weighted by Gasteiger charge is 2.17. The summed E-state index contributed by atoms with van der Waals surface area (Å²) in [6, 6.07) is 5.75. The Morgan fingerprint density at radius 1 is 1.42 bits per heavy atom. The van der Waals surface area contributed by atoms with E-state index < -0.39 is 6.10 Å². The van der Waals surface area contributed by atoms with Crippen molar-refractivity contribution in [2.75, 3.05) is 5.32 Å². The van der Waals surface area contributed by atoms with Gasteiger partial charge in [0.25, 0.3) is 5.91 Å². The molecule has 0 saturated carbocycles. The Morgan fingerprint density at radius 3 is 2.89 bits per heavy atom. The van der Waals surface area contributed by atoms with Crippen molar-refractivity contribution in [3.05, 3.63) is 35.7 Å². The van der Waals surface area contributed by atoms with Gasteiger partial charge >= 0.3 is 0 Å². The number of H-pyrrole nitrogens is 1. The number of hydrogen-bond acceptors (Lipinski definition) is 4. The van der Waals surface area contributed by atoms with Gasteiger partial charge in [-0.05, 0) is 38.0 Å². The average molecular weight is 260 g/mol. The molecule has 0 fully saturated rings. The van der Waals surface area contributed by atoms with Gasteiger partial charge < -0.3 is 4.74 Å². The first-order chi connectivity index (χ1) is 9.08. The van der Waals surface area contributed by atoms with Crippen molar-refractivity contribution in [3.63, 3.8) is 0 Å². The summed E-state index contributed by atoms with van der Waals surface area (Å²) in [5.74, 6) is 0.735. The highest BCUT2D eigenvalue weighted by molar-refractivity contribution is 5.92. The maximum Gasteiger partial charge on any atom is 0.267 e. The van der Waals surface area contributed by atoms with Gasteiger partial charge in [-0.3, -0.25) is 10.1 Å². The molecular weight excluding hydrogens is 244 g/mol. The van der Waals surface area contributed by atoms with Crippen molar-refractivity contribution in [1.29, 1.82) is 0 Å². The van der Waals surface area contributed by atoms with Gasteiger partial charge in [0.2, 0.25) is 5.95 Å². The number of benzene rings is 1. The van der Waals surface area contributed by atoms with Crippen LogP contribution in [0.3, 0.4) is 0 Å². The molecule has 0 aliphatic rings. The van der Waals surface area contributed by atoms with Crippen LogP contribution in [0, 0.1) is 13.8 Å². The number of nitrogens with one attached hydrogen (secondary N) is 2. The fourth-order valence-electron chi connectivity index (χ4n) is 1.58. The van der Waals surface area contributed by atoms with Crippen molar-refractivity contribution >= 4 is 11.9 Å². The number of nitrogens with zero attached hydrogens (tertiary/aromatic N) is 2. The molecule has 1 aromatic carbocycles. The second-order valence-electron chi connectivity index (χ2n) is 4.28. The van der Waals surface area contributed by atoms with Crippen LogP contribution in [0.25, 0.3) is 0 Å². The monoisotopic (exact) mass is 260 g/mol. The molecule has 19 heavy (non-hydrogen) atoms. The third-order valence-electron chi connectivity index (χ3n) is 2.88. The maximum absolute atomic E-state index is 11.9. The largest absolute Gasteiger partial charge is 0.481 e. The summed E-state index contributed by atoms with van der Waals surface area (Å²) in [5.41, 5.74) is 2.15. The molecule has 6 heteroatoms. The van der Waals surface area contributed by atoms with Gasteiger partial charge in [0, 0.05) is 0 Å². The number of anilines is 1. The number of carbonyl (C=O) groups is 1. The van der Waals surface area contributed by atoms with Crippen LogP contribution in [0.4, 0.5) is 5.95 Å². The minimum Gasteiger partial charge on any atom is -0.481 e. The smallest absolute Gasteiger partial charge is 0.267 e. The van der Waals surface area contributed by atoms with Crippen LogP contribution in [-0.4, -0.2) is 27.2 Å². The van der Waals surface area contributed by atoms with Gasteiger partial charge in [-0.25, -0.2) is 5.10 Å². The third-order valence-corrected chi connectivity index (χ3v) is 2.88. The molecule has 2 N–H and O–H groups in total. The first-order valence-electron chi connectivity index (χ1n) is 5.97. The third kappa shape index (κ3) is 3.09. The topological polar surface area (TPSA) is 79.9 Å². The van der Waals surface area contributed by atoms with E-state index in [4.69, 9.17) is 4.74 Å². The summed E-state index contributed by atoms with van der Waals surface area (Å²) >= 11 is 0. The average Bonchev–Trinajstić information content (AvgIpc) is 2.87. The molecule has 0 aliphatic carbocycles. The van der Waals surface area contributed by atoms with Crippen molar-refractivity contribution in [3.8, 4) is 5.75 Å². The molecule has 1 aromatic heterocycles. The number of rotatable bonds is 4. The molecule has 1 heterocycles. The van der Waals surface area contributed by atoms with E-state index in [2.05, 4.69) is 20.5 Å². The molecule has 0 radical (unpaired) electrons. The predicted molar refractivity (Wildman–Crippen MR) is 71.0 cm³/mol. The lowest BCUT2D eigenvalue weighted by molar-refractivity contribution is -0.122. The fourth-order valence-corrected chi connectivity index (χ4v) is 1.58. The molecule has 100 valence electrons. The summed E-state index contributed by atoms with van der Waals surface area (Å²) in [6.07, 6.45) is 0.705. The van der Waals surface area contributed by atoms with Gasteiger partial charge in [-0.15, -0.1) is 0 Å². The number of carbonyl (C=O) groups excluding carboxylic acids is 1. The van der Waals surface area contributed by atoms with Gasteiger partial charge in [0.1, 0.15) is 12.1 Å². The minimum atomic E-state index is -0.620. The van der Waals surface area contributed by atoms with E-state index in [1.165, 1.54) is 6.33 Å². The van der Waals surface area contributed by atoms with E-state index in [0.29, 0.717) is 11.7 Å². The summed E-state index contributed by atoms with van der Waals surface area (Å²) in [7, 11) is 0. The lowest BCUT2D eigenvalue weighted by Gasteiger charge is -2.16. The Kier molecular flexibility index (Phi) is 3.79. The molecule has 6 nitrogen and oxygen atoms in total. The second kappa shape index (κ2) is 5.51. The maximum atomic E-state index is 11.9. The zero-order valence-corrected chi connectivity index (χ0v) is 11.1. The molecule has 1 unspecified atom stereocenters. The van der Waals surface area contributed by atoms with Crippen LogP contribution in [0.1, 0.15) is 18.1 Å². The van der Waals surface area contributed by atoms with Crippen LogP contribution in [-0.2, 0) is 4.79 Å². The summed E-state index contributed by atoms with van der Waals surface area (Å²) in [6.45, 7) is 5.65. The van der Waals surface area contributed by atoms with Gasteiger partial charge in [-0.2, -0.15) is 10.1 Å². The summed E-state index contributed by atoms with van der Waals surface area (Å²) < 4.78 is 5.66. The number of ether oxygens (including phenoxy) is 1. The Balaban J connectivity index is 2.02. The van der Waals surface area contributed by atoms with Crippen LogP contribution >= 0.6 is 0 Å². The minimum absolute atomic E-state index is 0.280. The molecule has 0 bridgehead atoms. The second-order valence-corrected chi connectivity index (χ2v) is 4.28. The number of aromatic nitrogens is 3. The first kappa shape index (κ1) is 13.1. The molecule has 2 aromatic rings. The number of amides is 1. The molecule has 1 atom stereocenters. The molecule has 1 amide bonds. The van der Waals surface area contributed by atoms with Crippen molar-refractivity contribution in [1.82, 2.24) is 15.2 Å². The number of aryl methyl sites for hydroxylation is 1. The van der Waals surface area contributed by atoms with E-state index >= 15 is 0 Å². The Bertz CT molecular complexity index is 566. The van der Waals surface area contributed by atoms with Crippen molar-refractivity contribution in [2.24, 2.45) is 0 Å². The quantitative estimate of drug-likeness (QED) is 0.878. The van der Waals surface area contributed by atoms with Crippen LogP contribution in [0.2, 0.25) is 0 Å². The number of hydrogen-bond donors (Lipinski definition) is 2. The lowest BCUT2D eigenvalue weighted by Crippen LogP contribution is -2.30. The summed E-state index contributed by atoms with van der Waals surface area (Å²) in [5, 5.41) is 8.79. The van der Waals surface area contributed by atoms with Crippen LogP contribution in [0.5, 0.6) is 5.75 Å². The van der Waals surface area contributed by atoms with E-state index in [1.807, 2.05) is 32.0 Å². The van der Waals surface area contributed by atoms with E-state index in [-0.39, 0.29) is 5.91 Å². The van der Waals surface area contributed by atoms with E-state index in [0.717, 1.165) is 11.1 Å². The number of aromatic amines is 1. The zero-order valence-electron chi connectivity index (χ0n) is 11.1. The fraction of sp³-hybridized carbons (Fsp3) is 0.308. The van der Waals surface area contributed by atoms with Crippen molar-refractivity contribution in [2.45, 2.75) is 26.9 Å². The molecule has 0 saturated heterocycles. The predicted octanol–water partition coefficient (Wildman–Crippen LogP) is 1.83. The van der Waals surface area contributed by atoms with E-state index in [1.54, 1.807) is 6.92 Å². The van der Waals surface area contributed by atoms with Crippen LogP contribution in [0.15, 0.2) is 24.5 Å². The van der Waals surface area contributed by atoms with Gasteiger partial charge in [-0.1, -0.05) is 12.1 Å². The van der Waals surface area contributed by atoms with E-state index in [9.17, 15) is 4.79 Å². The van der Waals surface area contributed by atoms with Crippen molar-refractivity contribution < 1.29 is 9.53 Å². The summed E-state index contributed by atoms with van der Waals surface area (Å²) in [4.78, 5) is 15.7. The first-order valence-corrected chi connectivity index (χ1v) is 5.97. The Morgan fingerprint density at radius 2 is 2.21 bits per heavy atom. The molecule has 0 aliphatic heterocycles. The molecule has 2 rings (SSSR count). The highest BCUT2D eigenvalue weighted by atomic mass is 16.5. The van der Waals surface area contributed by atoms with Crippen LogP contribution < -0.4 is 10.1 Å². The lowest BCUT2D eigenvalue weighted by atomic mass is 10.1. The zero-order chi connectivity index (χ0) is 13.8. The standard InChI is InChI=1S/C13H16N4O2/c1-8-5-4-6-11(9(8)2)19-10(3)12(18)16-13-14-7-15-17-13/h4-7,10H,1-3H3,(H2,14,15,16,17,18).